The van der Waals surface area contributed by atoms with Gasteiger partial charge in [0.15, 0.2) is 11.6 Å². The maximum Gasteiger partial charge on any atom is 0.275 e. The van der Waals surface area contributed by atoms with E-state index in [1.54, 1.807) is 20.2 Å². The minimum absolute atomic E-state index is 0.0403. The SMILES string of the molecule is CN(C)[N+]1([O-])CSc2ccc([N+](=O)[O-])cc21. The summed E-state index contributed by atoms with van der Waals surface area (Å²) in [6, 6.07) is 4.43. The number of quaternary nitrogens is 1. The van der Waals surface area contributed by atoms with E-state index in [9.17, 15) is 15.3 Å². The van der Waals surface area contributed by atoms with Gasteiger partial charge in [0.25, 0.3) is 5.69 Å². The molecule has 1 unspecified atom stereocenters. The van der Waals surface area contributed by atoms with E-state index >= 15 is 0 Å². The molecule has 7 heteroatoms. The lowest BCUT2D eigenvalue weighted by Gasteiger charge is -2.41. The fraction of sp³-hybridized carbons (Fsp3) is 0.333. The van der Waals surface area contributed by atoms with Crippen LogP contribution < -0.4 is 4.76 Å². The zero-order valence-electron chi connectivity index (χ0n) is 8.91. The highest BCUT2D eigenvalue weighted by atomic mass is 32.2. The predicted octanol–water partition coefficient (Wildman–Crippen LogP) is 1.94. The van der Waals surface area contributed by atoms with Crippen LogP contribution in [0.4, 0.5) is 11.4 Å². The van der Waals surface area contributed by atoms with Crippen molar-refractivity contribution in [3.63, 3.8) is 0 Å². The van der Waals surface area contributed by atoms with Gasteiger partial charge in [0, 0.05) is 20.2 Å². The van der Waals surface area contributed by atoms with Crippen molar-refractivity contribution in [1.29, 1.82) is 0 Å². The third-order valence-electron chi connectivity index (χ3n) is 2.57. The summed E-state index contributed by atoms with van der Waals surface area (Å²) in [5, 5.41) is 24.6. The van der Waals surface area contributed by atoms with Crippen LogP contribution in [0.5, 0.6) is 0 Å². The summed E-state index contributed by atoms with van der Waals surface area (Å²) in [7, 11) is 3.34. The first-order valence-corrected chi connectivity index (χ1v) is 5.62. The molecule has 0 amide bonds. The van der Waals surface area contributed by atoms with Crippen molar-refractivity contribution in [2.24, 2.45) is 0 Å². The summed E-state index contributed by atoms with van der Waals surface area (Å²) in [6.45, 7) is 0. The molecule has 1 aromatic carbocycles. The molecule has 0 aromatic heterocycles. The number of thioether (sulfide) groups is 1. The summed E-state index contributed by atoms with van der Waals surface area (Å²) >= 11 is 1.42. The largest absolute Gasteiger partial charge is 0.606 e. The minimum Gasteiger partial charge on any atom is -0.606 e. The van der Waals surface area contributed by atoms with Gasteiger partial charge in [-0.2, -0.15) is 5.01 Å². The van der Waals surface area contributed by atoms with Crippen LogP contribution in [-0.4, -0.2) is 29.9 Å². The maximum atomic E-state index is 12.4. The van der Waals surface area contributed by atoms with E-state index in [1.165, 1.54) is 28.9 Å². The molecule has 0 saturated carbocycles. The third kappa shape index (κ3) is 1.57. The molecule has 1 aliphatic rings. The lowest BCUT2D eigenvalue weighted by molar-refractivity contribution is -0.384. The number of hydrogen-bond acceptors (Lipinski definition) is 5. The predicted molar refractivity (Wildman–Crippen MR) is 62.7 cm³/mol. The molecular formula is C9H11N3O3S. The van der Waals surface area contributed by atoms with Crippen molar-refractivity contribution in [1.82, 2.24) is 9.76 Å². The lowest BCUT2D eigenvalue weighted by Crippen LogP contribution is -2.51. The number of nitro groups is 1. The Morgan fingerprint density at radius 2 is 2.19 bits per heavy atom. The Bertz CT molecular complexity index is 452. The number of rotatable bonds is 2. The second-order valence-electron chi connectivity index (χ2n) is 3.73. The molecule has 6 nitrogen and oxygen atoms in total. The van der Waals surface area contributed by atoms with Crippen LogP contribution in [0.3, 0.4) is 0 Å². The molecule has 1 heterocycles. The summed E-state index contributed by atoms with van der Waals surface area (Å²) in [5.41, 5.74) is 0.408. The van der Waals surface area contributed by atoms with Gasteiger partial charge in [-0.1, -0.05) is 11.8 Å². The van der Waals surface area contributed by atoms with Crippen LogP contribution >= 0.6 is 11.8 Å². The summed E-state index contributed by atoms with van der Waals surface area (Å²) in [4.78, 5) is 11.0. The third-order valence-corrected chi connectivity index (χ3v) is 3.71. The molecule has 2 rings (SSSR count). The van der Waals surface area contributed by atoms with Crippen LogP contribution in [-0.2, 0) is 0 Å². The zero-order valence-corrected chi connectivity index (χ0v) is 9.73. The highest BCUT2D eigenvalue weighted by molar-refractivity contribution is 7.99. The van der Waals surface area contributed by atoms with Gasteiger partial charge in [-0.3, -0.25) is 10.1 Å². The highest BCUT2D eigenvalue weighted by Gasteiger charge is 2.35. The Hall–Kier alpha value is -1.15. The fourth-order valence-electron chi connectivity index (χ4n) is 1.57. The molecule has 1 atom stereocenters. The average molecular weight is 241 g/mol. The minimum atomic E-state index is -0.651. The van der Waals surface area contributed by atoms with Crippen LogP contribution in [0.1, 0.15) is 0 Å². The van der Waals surface area contributed by atoms with Crippen molar-refractivity contribution in [2.45, 2.75) is 4.90 Å². The van der Waals surface area contributed by atoms with E-state index < -0.39 is 9.68 Å². The summed E-state index contributed by atoms with van der Waals surface area (Å²) in [5.74, 6) is 0.323. The Morgan fingerprint density at radius 3 is 2.75 bits per heavy atom. The van der Waals surface area contributed by atoms with Crippen molar-refractivity contribution in [2.75, 3.05) is 20.0 Å². The van der Waals surface area contributed by atoms with Gasteiger partial charge in [-0.15, -0.1) is 0 Å². The molecule has 1 aliphatic heterocycles. The van der Waals surface area contributed by atoms with E-state index in [4.69, 9.17) is 0 Å². The maximum absolute atomic E-state index is 12.4. The molecule has 0 fully saturated rings. The Kier molecular flexibility index (Phi) is 2.62. The van der Waals surface area contributed by atoms with Gasteiger partial charge >= 0.3 is 0 Å². The number of fused-ring (bicyclic) bond motifs is 1. The zero-order chi connectivity index (χ0) is 11.9. The normalized spacial score (nSPS) is 23.5. The number of nitrogens with zero attached hydrogens (tertiary/aromatic N) is 3. The van der Waals surface area contributed by atoms with E-state index in [-0.39, 0.29) is 5.69 Å². The molecule has 0 bridgehead atoms. The van der Waals surface area contributed by atoms with Crippen LogP contribution in [0, 0.1) is 15.3 Å². The molecule has 0 aliphatic carbocycles. The van der Waals surface area contributed by atoms with Gasteiger partial charge in [0.2, 0.25) is 0 Å². The van der Waals surface area contributed by atoms with Crippen LogP contribution in [0.15, 0.2) is 23.1 Å². The Balaban J connectivity index is 2.53. The lowest BCUT2D eigenvalue weighted by atomic mass is 10.2. The van der Waals surface area contributed by atoms with Gasteiger partial charge in [0.05, 0.1) is 15.9 Å². The van der Waals surface area contributed by atoms with Gasteiger partial charge in [-0.05, 0) is 6.07 Å². The van der Waals surface area contributed by atoms with Crippen molar-refractivity contribution >= 4 is 23.1 Å². The first-order chi connectivity index (χ1) is 7.45. The van der Waals surface area contributed by atoms with Crippen LogP contribution in [0.25, 0.3) is 0 Å². The highest BCUT2D eigenvalue weighted by Crippen LogP contribution is 2.45. The quantitative estimate of drug-likeness (QED) is 0.342. The molecule has 0 radical (unpaired) electrons. The monoisotopic (exact) mass is 241 g/mol. The van der Waals surface area contributed by atoms with E-state index in [0.29, 0.717) is 11.6 Å². The number of hydroxylamine groups is 1. The molecule has 0 spiro atoms. The van der Waals surface area contributed by atoms with Crippen molar-refractivity contribution < 1.29 is 4.92 Å². The molecule has 0 saturated heterocycles. The van der Waals surface area contributed by atoms with E-state index in [0.717, 1.165) is 4.90 Å². The smallest absolute Gasteiger partial charge is 0.275 e. The molecule has 0 N–H and O–H groups in total. The number of benzene rings is 1. The van der Waals surface area contributed by atoms with Crippen molar-refractivity contribution in [3.05, 3.63) is 33.5 Å². The van der Waals surface area contributed by atoms with Crippen molar-refractivity contribution in [3.8, 4) is 0 Å². The summed E-state index contributed by atoms with van der Waals surface area (Å²) < 4.78 is -0.651. The number of hydrogen-bond donors (Lipinski definition) is 0. The molecule has 1 aromatic rings. The molecule has 86 valence electrons. The van der Waals surface area contributed by atoms with Gasteiger partial charge in [-0.25, -0.2) is 4.76 Å². The fourth-order valence-corrected chi connectivity index (χ4v) is 2.77. The van der Waals surface area contributed by atoms with Crippen LogP contribution in [0.2, 0.25) is 0 Å². The number of non-ortho nitro benzene ring substituents is 1. The standard InChI is InChI=1S/C9H11N3O3S/c1-10(2)12(15)6-16-9-4-3-7(11(13)14)5-8(9)12/h3-5H,6H2,1-2H3. The second-order valence-corrected chi connectivity index (χ2v) is 4.72. The van der Waals surface area contributed by atoms with E-state index in [1.807, 2.05) is 0 Å². The van der Waals surface area contributed by atoms with Gasteiger partial charge < -0.3 is 5.21 Å². The molecule has 16 heavy (non-hydrogen) atoms. The topological polar surface area (TPSA) is 69.4 Å². The van der Waals surface area contributed by atoms with E-state index in [2.05, 4.69) is 0 Å². The first-order valence-electron chi connectivity index (χ1n) is 4.64. The average Bonchev–Trinajstić information content (AvgIpc) is 2.57. The Morgan fingerprint density at radius 1 is 1.50 bits per heavy atom. The first kappa shape index (κ1) is 11.3. The summed E-state index contributed by atoms with van der Waals surface area (Å²) in [6.07, 6.45) is 0. The molecular weight excluding hydrogens is 230 g/mol. The van der Waals surface area contributed by atoms with Gasteiger partial charge in [0.1, 0.15) is 0 Å². The Labute approximate surface area is 96.7 Å². The second kappa shape index (κ2) is 3.70. The number of nitro benzene ring substituents is 1.